The molecule has 1 aliphatic carbocycles. The largest absolute Gasteiger partial charge is 2.00 e. The van der Waals surface area contributed by atoms with Crippen LogP contribution in [0.25, 0.3) is 0 Å². The van der Waals surface area contributed by atoms with Crippen molar-refractivity contribution in [3.05, 3.63) is 67.1 Å². The van der Waals surface area contributed by atoms with Crippen molar-refractivity contribution < 1.29 is 19.5 Å². The normalized spacial score (nSPS) is 11.8. The van der Waals surface area contributed by atoms with Crippen molar-refractivity contribution in [3.63, 3.8) is 0 Å². The van der Waals surface area contributed by atoms with Crippen molar-refractivity contribution in [2.45, 2.75) is 33.1 Å². The first-order valence-electron chi connectivity index (χ1n) is 5.87. The second-order valence-electron chi connectivity index (χ2n) is 3.17. The molecule has 0 atom stereocenters. The standard InChI is InChI=1S/C8H11.C6H6.C2H5.Ru/c1-2-8-6-4-3-5-7-8;1-2-4-6-5-3-1;1-2;/h3-4H,2,5-6H2,1H3;1-6H;1H2,2H3;/q-1;;-1;+2. The van der Waals surface area contributed by atoms with Gasteiger partial charge in [-0.25, -0.2) is 0 Å². The van der Waals surface area contributed by atoms with Crippen LogP contribution in [0.5, 0.6) is 0 Å². The third-order valence-corrected chi connectivity index (χ3v) is 2.09. The summed E-state index contributed by atoms with van der Waals surface area (Å²) in [7, 11) is 0. The minimum absolute atomic E-state index is 0. The molecule has 0 N–H and O–H groups in total. The van der Waals surface area contributed by atoms with Crippen LogP contribution in [-0.2, 0) is 19.5 Å². The van der Waals surface area contributed by atoms with Gasteiger partial charge < -0.3 is 13.0 Å². The van der Waals surface area contributed by atoms with Crippen molar-refractivity contribution in [2.75, 3.05) is 0 Å². The fourth-order valence-corrected chi connectivity index (χ4v) is 1.24. The van der Waals surface area contributed by atoms with Gasteiger partial charge in [0.2, 0.25) is 0 Å². The maximum atomic E-state index is 3.30. The van der Waals surface area contributed by atoms with E-state index in [1.807, 2.05) is 36.4 Å². The fourth-order valence-electron chi connectivity index (χ4n) is 1.24. The van der Waals surface area contributed by atoms with Gasteiger partial charge in [0.15, 0.2) is 0 Å². The summed E-state index contributed by atoms with van der Waals surface area (Å²) in [5.74, 6) is 0. The van der Waals surface area contributed by atoms with Crippen LogP contribution in [0.4, 0.5) is 0 Å². The molecule has 0 amide bonds. The monoisotopic (exact) mass is 316 g/mol. The minimum atomic E-state index is 0. The van der Waals surface area contributed by atoms with E-state index in [-0.39, 0.29) is 19.5 Å². The van der Waals surface area contributed by atoms with Gasteiger partial charge in [0.1, 0.15) is 0 Å². The van der Waals surface area contributed by atoms with Gasteiger partial charge in [-0.1, -0.05) is 55.8 Å². The second kappa shape index (κ2) is 15.3. The molecule has 0 saturated carbocycles. The van der Waals surface area contributed by atoms with Crippen LogP contribution >= 0.6 is 0 Å². The van der Waals surface area contributed by atoms with Crippen LogP contribution in [0, 0.1) is 13.0 Å². The molecule has 0 spiro atoms. The molecule has 1 aromatic rings. The molecule has 0 heterocycles. The molecule has 0 radical (unpaired) electrons. The minimum Gasteiger partial charge on any atom is -0.493 e. The van der Waals surface area contributed by atoms with Gasteiger partial charge in [-0.2, -0.15) is 13.3 Å². The molecule has 0 fully saturated rings. The van der Waals surface area contributed by atoms with E-state index in [4.69, 9.17) is 0 Å². The predicted molar refractivity (Wildman–Crippen MR) is 72.9 cm³/mol. The second-order valence-corrected chi connectivity index (χ2v) is 3.17. The van der Waals surface area contributed by atoms with Crippen molar-refractivity contribution >= 4 is 0 Å². The van der Waals surface area contributed by atoms with Crippen LogP contribution in [0.15, 0.2) is 54.1 Å². The Morgan fingerprint density at radius 1 is 1.00 bits per heavy atom. The summed E-state index contributed by atoms with van der Waals surface area (Å²) in [5.41, 5.74) is 1.47. The molecular weight excluding hydrogens is 293 g/mol. The quantitative estimate of drug-likeness (QED) is 0.389. The van der Waals surface area contributed by atoms with Gasteiger partial charge in [0.25, 0.3) is 0 Å². The molecule has 17 heavy (non-hydrogen) atoms. The first-order chi connectivity index (χ1) is 7.93. The van der Waals surface area contributed by atoms with Crippen LogP contribution < -0.4 is 0 Å². The van der Waals surface area contributed by atoms with E-state index < -0.39 is 0 Å². The Bertz CT molecular complexity index is 259. The molecule has 0 unspecified atom stereocenters. The van der Waals surface area contributed by atoms with Crippen LogP contribution in [0.3, 0.4) is 0 Å². The topological polar surface area (TPSA) is 0 Å². The molecule has 0 aromatic heterocycles. The third-order valence-electron chi connectivity index (χ3n) is 2.09. The molecule has 2 rings (SSSR count). The predicted octanol–water partition coefficient (Wildman–Crippen LogP) is 5.00. The average molecular weight is 315 g/mol. The molecule has 0 saturated heterocycles. The number of allylic oxidation sites excluding steroid dienone is 4. The Hall–Kier alpha value is -0.677. The van der Waals surface area contributed by atoms with Crippen LogP contribution in [0.1, 0.15) is 33.1 Å². The summed E-state index contributed by atoms with van der Waals surface area (Å²) in [6, 6.07) is 12.0. The molecule has 1 heteroatoms. The van der Waals surface area contributed by atoms with E-state index in [1.54, 1.807) is 6.92 Å². The van der Waals surface area contributed by atoms with Gasteiger partial charge in [-0.05, 0) is 6.42 Å². The maximum Gasteiger partial charge on any atom is 2.00 e. The maximum absolute atomic E-state index is 3.30. The van der Waals surface area contributed by atoms with E-state index in [9.17, 15) is 0 Å². The molecule has 1 aliphatic rings. The van der Waals surface area contributed by atoms with Gasteiger partial charge in [-0.3, -0.25) is 5.57 Å². The molecule has 0 aliphatic heterocycles. The Balaban J connectivity index is 0. The number of hydrogen-bond acceptors (Lipinski definition) is 0. The first kappa shape index (κ1) is 18.7. The summed E-state index contributed by atoms with van der Waals surface area (Å²) in [6.45, 7) is 7.18. The molecule has 1 aromatic carbocycles. The summed E-state index contributed by atoms with van der Waals surface area (Å²) in [5, 5.41) is 0. The summed E-state index contributed by atoms with van der Waals surface area (Å²) >= 11 is 0. The van der Waals surface area contributed by atoms with E-state index in [2.05, 4.69) is 32.1 Å². The van der Waals surface area contributed by atoms with Gasteiger partial charge in [0, 0.05) is 0 Å². The molecule has 94 valence electrons. The Kier molecular flexibility index (Phi) is 16.8. The smallest absolute Gasteiger partial charge is 0.493 e. The summed E-state index contributed by atoms with van der Waals surface area (Å²) < 4.78 is 0. The Morgan fingerprint density at radius 3 is 1.71 bits per heavy atom. The average Bonchev–Trinajstić information content (AvgIpc) is 2.44. The Morgan fingerprint density at radius 2 is 1.47 bits per heavy atom. The third kappa shape index (κ3) is 11.6. The number of hydrogen-bond donors (Lipinski definition) is 0. The van der Waals surface area contributed by atoms with E-state index in [0.29, 0.717) is 0 Å². The zero-order valence-electron chi connectivity index (χ0n) is 10.8. The van der Waals surface area contributed by atoms with Crippen LogP contribution in [0.2, 0.25) is 0 Å². The van der Waals surface area contributed by atoms with E-state index in [0.717, 1.165) is 12.8 Å². The van der Waals surface area contributed by atoms with Crippen LogP contribution in [-0.4, -0.2) is 0 Å². The molecule has 0 nitrogen and oxygen atoms in total. The fraction of sp³-hybridized carbons (Fsp3) is 0.312. The van der Waals surface area contributed by atoms with Gasteiger partial charge >= 0.3 is 19.5 Å². The first-order valence-corrected chi connectivity index (χ1v) is 5.87. The van der Waals surface area contributed by atoms with Crippen molar-refractivity contribution in [2.24, 2.45) is 0 Å². The van der Waals surface area contributed by atoms with Crippen molar-refractivity contribution in [3.8, 4) is 0 Å². The summed E-state index contributed by atoms with van der Waals surface area (Å²) in [6.07, 6.45) is 11.0. The summed E-state index contributed by atoms with van der Waals surface area (Å²) in [4.78, 5) is 0. The van der Waals surface area contributed by atoms with Crippen molar-refractivity contribution in [1.82, 2.24) is 0 Å². The SMILES string of the molecule is CCC1=[C-]CC=CC1.[CH2-]C.[Ru+2].c1ccccc1. The Labute approximate surface area is 120 Å². The van der Waals surface area contributed by atoms with Crippen molar-refractivity contribution in [1.29, 1.82) is 0 Å². The van der Waals surface area contributed by atoms with Gasteiger partial charge in [-0.15, -0.1) is 6.08 Å². The number of rotatable bonds is 1. The van der Waals surface area contributed by atoms with E-state index in [1.165, 1.54) is 12.0 Å². The zero-order chi connectivity index (χ0) is 12.1. The molecular formula is C16H22Ru. The zero-order valence-corrected chi connectivity index (χ0v) is 12.5. The van der Waals surface area contributed by atoms with E-state index >= 15 is 0 Å². The molecule has 0 bridgehead atoms. The number of benzene rings is 1. The van der Waals surface area contributed by atoms with Gasteiger partial charge in [0.05, 0.1) is 0 Å².